The lowest BCUT2D eigenvalue weighted by Crippen LogP contribution is -2.20. The lowest BCUT2D eigenvalue weighted by atomic mass is 10.1. The maximum Gasteiger partial charge on any atom is 0.175 e. The third-order valence-corrected chi connectivity index (χ3v) is 5.02. The topological polar surface area (TPSA) is 59.0 Å². The van der Waals surface area contributed by atoms with Crippen molar-refractivity contribution in [1.29, 1.82) is 0 Å². The van der Waals surface area contributed by atoms with Crippen LogP contribution in [0.2, 0.25) is 5.02 Å². The molecule has 1 aromatic heterocycles. The molecule has 0 atom stereocenters. The van der Waals surface area contributed by atoms with Gasteiger partial charge in [-0.2, -0.15) is 5.10 Å². The van der Waals surface area contributed by atoms with Crippen LogP contribution < -0.4 is 10.6 Å². The van der Waals surface area contributed by atoms with Crippen LogP contribution in [0, 0.1) is 13.8 Å². The number of aryl methyl sites for hydroxylation is 1. The minimum atomic E-state index is 0.0319. The van der Waals surface area contributed by atoms with Crippen LogP contribution in [0.1, 0.15) is 34.2 Å². The molecule has 7 heteroatoms. The van der Waals surface area contributed by atoms with E-state index in [0.717, 1.165) is 33.3 Å². The SMILES string of the molecule is CC(=O)c1ccc(NC(=S)Nc2c(C)nn(Cc3ccccc3Cl)c2C)cc1. The summed E-state index contributed by atoms with van der Waals surface area (Å²) in [5.74, 6) is 0.0319. The summed E-state index contributed by atoms with van der Waals surface area (Å²) in [6.45, 7) is 6.05. The van der Waals surface area contributed by atoms with E-state index >= 15 is 0 Å². The lowest BCUT2D eigenvalue weighted by molar-refractivity contribution is 0.101. The van der Waals surface area contributed by atoms with E-state index in [9.17, 15) is 4.79 Å². The summed E-state index contributed by atoms with van der Waals surface area (Å²) in [7, 11) is 0. The standard InChI is InChI=1S/C21H21ClN4OS/c1-13-20(14(2)26(25-13)12-17-6-4-5-7-19(17)22)24-21(28)23-18-10-8-16(9-11-18)15(3)27/h4-11H,12H2,1-3H3,(H2,23,24,28). The minimum Gasteiger partial charge on any atom is -0.332 e. The molecule has 0 aliphatic rings. The van der Waals surface area contributed by atoms with Crippen LogP contribution in [0.25, 0.3) is 0 Å². The molecule has 0 saturated carbocycles. The van der Waals surface area contributed by atoms with Gasteiger partial charge in [-0.15, -0.1) is 0 Å². The van der Waals surface area contributed by atoms with Crippen molar-refractivity contribution in [3.05, 3.63) is 76.1 Å². The van der Waals surface area contributed by atoms with E-state index in [0.29, 0.717) is 17.2 Å². The molecule has 0 spiro atoms. The average molecular weight is 413 g/mol. The molecule has 3 rings (SSSR count). The molecule has 28 heavy (non-hydrogen) atoms. The number of ketones is 1. The molecule has 0 amide bonds. The molecule has 144 valence electrons. The fourth-order valence-electron chi connectivity index (χ4n) is 2.88. The maximum absolute atomic E-state index is 11.4. The van der Waals surface area contributed by atoms with Gasteiger partial charge in [0.1, 0.15) is 0 Å². The average Bonchev–Trinajstić information content (AvgIpc) is 2.91. The number of benzene rings is 2. The maximum atomic E-state index is 11.4. The molecule has 0 fully saturated rings. The molecule has 0 aliphatic heterocycles. The van der Waals surface area contributed by atoms with Gasteiger partial charge in [-0.1, -0.05) is 29.8 Å². The lowest BCUT2D eigenvalue weighted by Gasteiger charge is -2.12. The first-order chi connectivity index (χ1) is 13.3. The van der Waals surface area contributed by atoms with E-state index in [4.69, 9.17) is 23.8 Å². The summed E-state index contributed by atoms with van der Waals surface area (Å²) in [6.07, 6.45) is 0. The normalized spacial score (nSPS) is 10.6. The predicted molar refractivity (Wildman–Crippen MR) is 119 cm³/mol. The highest BCUT2D eigenvalue weighted by molar-refractivity contribution is 7.80. The number of nitrogens with zero attached hydrogens (tertiary/aromatic N) is 2. The van der Waals surface area contributed by atoms with Crippen molar-refractivity contribution in [1.82, 2.24) is 9.78 Å². The molecule has 1 heterocycles. The van der Waals surface area contributed by atoms with Crippen molar-refractivity contribution >= 4 is 46.1 Å². The van der Waals surface area contributed by atoms with Crippen molar-refractivity contribution in [2.75, 3.05) is 10.6 Å². The highest BCUT2D eigenvalue weighted by atomic mass is 35.5. The van der Waals surface area contributed by atoms with Crippen molar-refractivity contribution < 1.29 is 4.79 Å². The van der Waals surface area contributed by atoms with E-state index in [1.807, 2.05) is 54.9 Å². The fourth-order valence-corrected chi connectivity index (χ4v) is 3.30. The Morgan fingerprint density at radius 2 is 1.79 bits per heavy atom. The smallest absolute Gasteiger partial charge is 0.175 e. The molecule has 3 aromatic rings. The van der Waals surface area contributed by atoms with Crippen molar-refractivity contribution in [3.63, 3.8) is 0 Å². The molecule has 2 N–H and O–H groups in total. The number of aromatic nitrogens is 2. The molecule has 0 aliphatic carbocycles. The summed E-state index contributed by atoms with van der Waals surface area (Å²) in [5.41, 5.74) is 5.16. The first-order valence-corrected chi connectivity index (χ1v) is 9.60. The number of hydrogen-bond acceptors (Lipinski definition) is 3. The van der Waals surface area contributed by atoms with E-state index in [1.54, 1.807) is 19.1 Å². The highest BCUT2D eigenvalue weighted by Crippen LogP contribution is 2.23. The van der Waals surface area contributed by atoms with Crippen LogP contribution in [0.3, 0.4) is 0 Å². The first-order valence-electron chi connectivity index (χ1n) is 8.81. The Kier molecular flexibility index (Phi) is 6.11. The van der Waals surface area contributed by atoms with Gasteiger partial charge in [-0.3, -0.25) is 9.48 Å². The number of carbonyl (C=O) groups is 1. The van der Waals surface area contributed by atoms with Crippen molar-refractivity contribution in [2.45, 2.75) is 27.3 Å². The Bertz CT molecular complexity index is 1030. The summed E-state index contributed by atoms with van der Waals surface area (Å²) in [6, 6.07) is 14.9. The molecular formula is C21H21ClN4OS. The largest absolute Gasteiger partial charge is 0.332 e. The van der Waals surface area contributed by atoms with Crippen LogP contribution in [0.4, 0.5) is 11.4 Å². The molecular weight excluding hydrogens is 392 g/mol. The van der Waals surface area contributed by atoms with Gasteiger partial charge >= 0.3 is 0 Å². The van der Waals surface area contributed by atoms with Crippen LogP contribution in [-0.4, -0.2) is 20.7 Å². The van der Waals surface area contributed by atoms with Gasteiger partial charge in [-0.05, 0) is 68.9 Å². The van der Waals surface area contributed by atoms with E-state index in [2.05, 4.69) is 15.7 Å². The number of anilines is 2. The molecule has 0 bridgehead atoms. The monoisotopic (exact) mass is 412 g/mol. The molecule has 0 radical (unpaired) electrons. The number of nitrogens with one attached hydrogen (secondary N) is 2. The van der Waals surface area contributed by atoms with E-state index in [1.165, 1.54) is 0 Å². The number of halogens is 1. The van der Waals surface area contributed by atoms with E-state index < -0.39 is 0 Å². The van der Waals surface area contributed by atoms with Gasteiger partial charge in [0.25, 0.3) is 0 Å². The summed E-state index contributed by atoms with van der Waals surface area (Å²) < 4.78 is 1.91. The van der Waals surface area contributed by atoms with Crippen LogP contribution in [0.5, 0.6) is 0 Å². The van der Waals surface area contributed by atoms with Crippen LogP contribution in [0.15, 0.2) is 48.5 Å². The summed E-state index contributed by atoms with van der Waals surface area (Å²) in [5, 5.41) is 12.1. The third-order valence-electron chi connectivity index (χ3n) is 4.45. The summed E-state index contributed by atoms with van der Waals surface area (Å²) in [4.78, 5) is 11.4. The van der Waals surface area contributed by atoms with Crippen molar-refractivity contribution in [3.8, 4) is 0 Å². The Morgan fingerprint density at radius 3 is 2.43 bits per heavy atom. The van der Waals surface area contributed by atoms with E-state index in [-0.39, 0.29) is 5.78 Å². The molecule has 2 aromatic carbocycles. The summed E-state index contributed by atoms with van der Waals surface area (Å²) >= 11 is 11.7. The van der Waals surface area contributed by atoms with Crippen molar-refractivity contribution in [2.24, 2.45) is 0 Å². The van der Waals surface area contributed by atoms with Gasteiger partial charge < -0.3 is 10.6 Å². The van der Waals surface area contributed by atoms with Gasteiger partial charge in [-0.25, -0.2) is 0 Å². The zero-order chi connectivity index (χ0) is 20.3. The molecule has 0 unspecified atom stereocenters. The second kappa shape index (κ2) is 8.54. The zero-order valence-electron chi connectivity index (χ0n) is 15.9. The Morgan fingerprint density at radius 1 is 1.11 bits per heavy atom. The highest BCUT2D eigenvalue weighted by Gasteiger charge is 2.14. The number of rotatable bonds is 5. The minimum absolute atomic E-state index is 0.0319. The molecule has 5 nitrogen and oxygen atoms in total. The Labute approximate surface area is 174 Å². The number of thiocarbonyl (C=S) groups is 1. The third kappa shape index (κ3) is 4.58. The number of Topliss-reactive ketones (excluding diaryl/α,β-unsaturated/α-hetero) is 1. The Hall–Kier alpha value is -2.70. The molecule has 0 saturated heterocycles. The van der Waals surface area contributed by atoms with Gasteiger partial charge in [0, 0.05) is 16.3 Å². The van der Waals surface area contributed by atoms with Crippen LogP contribution >= 0.6 is 23.8 Å². The number of carbonyl (C=O) groups excluding carboxylic acids is 1. The first kappa shape index (κ1) is 20.0. The van der Waals surface area contributed by atoms with Crippen LogP contribution in [-0.2, 0) is 6.54 Å². The van der Waals surface area contributed by atoms with Gasteiger partial charge in [0.2, 0.25) is 0 Å². The predicted octanol–water partition coefficient (Wildman–Crippen LogP) is 5.21. The van der Waals surface area contributed by atoms with Gasteiger partial charge in [0.05, 0.1) is 23.6 Å². The number of hydrogen-bond donors (Lipinski definition) is 2. The Balaban J connectivity index is 1.72. The zero-order valence-corrected chi connectivity index (χ0v) is 17.5. The second-order valence-electron chi connectivity index (χ2n) is 6.51. The quantitative estimate of drug-likeness (QED) is 0.444. The second-order valence-corrected chi connectivity index (χ2v) is 7.32. The van der Waals surface area contributed by atoms with Gasteiger partial charge in [0.15, 0.2) is 10.9 Å². The fraction of sp³-hybridized carbons (Fsp3) is 0.190.